The highest BCUT2D eigenvalue weighted by Gasteiger charge is 2.05. The molecule has 90 valence electrons. The Bertz CT molecular complexity index is 314. The smallest absolute Gasteiger partial charge is 0.405 e. The number of rotatable bonds is 4. The van der Waals surface area contributed by atoms with E-state index in [-0.39, 0.29) is 0 Å². The van der Waals surface area contributed by atoms with Gasteiger partial charge in [0.1, 0.15) is 6.61 Å². The summed E-state index contributed by atoms with van der Waals surface area (Å²) in [6, 6.07) is 0. The summed E-state index contributed by atoms with van der Waals surface area (Å²) in [6.45, 7) is -1.39. The van der Waals surface area contributed by atoms with Gasteiger partial charge in [0.05, 0.1) is 0 Å². The van der Waals surface area contributed by atoms with Gasteiger partial charge in [-0.05, 0) is 0 Å². The second-order valence-corrected chi connectivity index (χ2v) is 2.35. The Morgan fingerprint density at radius 2 is 1.88 bits per heavy atom. The van der Waals surface area contributed by atoms with E-state index in [2.05, 4.69) is 15.6 Å². The molecule has 10 nitrogen and oxygen atoms in total. The van der Waals surface area contributed by atoms with Crippen molar-refractivity contribution in [3.05, 3.63) is 0 Å². The first-order valence-corrected chi connectivity index (χ1v) is 3.90. The van der Waals surface area contributed by atoms with Crippen LogP contribution in [0.5, 0.6) is 0 Å². The minimum Gasteiger partial charge on any atom is -0.440 e. The van der Waals surface area contributed by atoms with E-state index in [0.717, 1.165) is 0 Å². The van der Waals surface area contributed by atoms with Crippen molar-refractivity contribution in [1.82, 2.24) is 10.7 Å². The van der Waals surface area contributed by atoms with Crippen molar-refractivity contribution in [3.63, 3.8) is 0 Å². The van der Waals surface area contributed by atoms with E-state index >= 15 is 0 Å². The first-order chi connectivity index (χ1) is 7.45. The number of aliphatic hydroxyl groups is 1. The third-order valence-corrected chi connectivity index (χ3v) is 1.06. The van der Waals surface area contributed by atoms with Crippen molar-refractivity contribution in [1.29, 1.82) is 0 Å². The summed E-state index contributed by atoms with van der Waals surface area (Å²) < 4.78 is 4.14. The lowest BCUT2D eigenvalue weighted by Gasteiger charge is -2.03. The van der Waals surface area contributed by atoms with Gasteiger partial charge in [-0.1, -0.05) is 0 Å². The Morgan fingerprint density at radius 3 is 2.38 bits per heavy atom. The van der Waals surface area contributed by atoms with Crippen LogP contribution in [0.4, 0.5) is 4.79 Å². The van der Waals surface area contributed by atoms with Crippen molar-refractivity contribution in [2.45, 2.75) is 0 Å². The lowest BCUT2D eigenvalue weighted by Crippen LogP contribution is -2.41. The minimum atomic E-state index is -1.11. The number of carbonyl (C=O) groups is 3. The van der Waals surface area contributed by atoms with Crippen molar-refractivity contribution in [2.24, 2.45) is 16.6 Å². The van der Waals surface area contributed by atoms with Gasteiger partial charge >= 0.3 is 6.09 Å². The second-order valence-electron chi connectivity index (χ2n) is 2.35. The first-order valence-electron chi connectivity index (χ1n) is 3.90. The lowest BCUT2D eigenvalue weighted by atomic mass is 10.6. The fourth-order valence-corrected chi connectivity index (χ4v) is 0.501. The van der Waals surface area contributed by atoms with E-state index in [1.807, 2.05) is 10.7 Å². The highest BCUT2D eigenvalue weighted by Crippen LogP contribution is 1.74. The van der Waals surface area contributed by atoms with Crippen molar-refractivity contribution in [3.8, 4) is 0 Å². The van der Waals surface area contributed by atoms with Gasteiger partial charge in [0, 0.05) is 0 Å². The van der Waals surface area contributed by atoms with E-state index in [4.69, 9.17) is 10.8 Å². The normalized spacial score (nSPS) is 10.4. The Morgan fingerprint density at radius 1 is 1.25 bits per heavy atom. The van der Waals surface area contributed by atoms with Gasteiger partial charge in [0.25, 0.3) is 11.8 Å². The maximum Gasteiger partial charge on any atom is 0.405 e. The number of nitrogens with two attached hydrogens (primary N) is 2. The number of guanidine groups is 1. The van der Waals surface area contributed by atoms with Crippen LogP contribution in [-0.4, -0.2) is 42.2 Å². The van der Waals surface area contributed by atoms with Crippen molar-refractivity contribution < 1.29 is 24.2 Å². The van der Waals surface area contributed by atoms with E-state index in [9.17, 15) is 14.4 Å². The largest absolute Gasteiger partial charge is 0.440 e. The molecule has 10 heteroatoms. The molecule has 0 aromatic heterocycles. The molecule has 0 spiro atoms. The Kier molecular flexibility index (Phi) is 5.97. The van der Waals surface area contributed by atoms with Gasteiger partial charge in [-0.2, -0.15) is 0 Å². The molecule has 3 amide bonds. The lowest BCUT2D eigenvalue weighted by molar-refractivity contribution is -0.124. The van der Waals surface area contributed by atoms with Gasteiger partial charge < -0.3 is 21.3 Å². The van der Waals surface area contributed by atoms with Gasteiger partial charge in [-0.15, -0.1) is 5.10 Å². The van der Waals surface area contributed by atoms with E-state index in [1.54, 1.807) is 0 Å². The molecule has 0 aromatic rings. The Labute approximate surface area is 89.6 Å². The first kappa shape index (κ1) is 13.6. The topological polar surface area (TPSA) is 169 Å². The zero-order chi connectivity index (χ0) is 12.6. The van der Waals surface area contributed by atoms with Crippen LogP contribution < -0.4 is 22.2 Å². The average molecular weight is 233 g/mol. The molecule has 0 radical (unpaired) electrons. The van der Waals surface area contributed by atoms with E-state index in [0.29, 0.717) is 0 Å². The standard InChI is InChI=1S/C6H11N5O5/c7-5(11-10-3(13)1-12)9-4(14)2-16-6(8)15/h12H,1-2H2,(H2,8,15)(H,10,13)(H3,7,9,11,14). The average Bonchev–Trinajstić information content (AvgIpc) is 2.23. The van der Waals surface area contributed by atoms with Gasteiger partial charge in [0.2, 0.25) is 5.96 Å². The molecule has 7 N–H and O–H groups in total. The summed E-state index contributed by atoms with van der Waals surface area (Å²) in [5, 5.41) is 13.5. The van der Waals surface area contributed by atoms with Crippen LogP contribution in [0.1, 0.15) is 0 Å². The number of nitrogens with one attached hydrogen (secondary N) is 2. The van der Waals surface area contributed by atoms with Crippen LogP contribution in [0.2, 0.25) is 0 Å². The van der Waals surface area contributed by atoms with Crippen LogP contribution in [-0.2, 0) is 14.3 Å². The van der Waals surface area contributed by atoms with Gasteiger partial charge in [0.15, 0.2) is 6.61 Å². The fraction of sp³-hybridized carbons (Fsp3) is 0.333. The van der Waals surface area contributed by atoms with Crippen LogP contribution in [0.25, 0.3) is 0 Å². The number of primary amides is 1. The Hall–Kier alpha value is -2.36. The Balaban J connectivity index is 3.94. The highest BCUT2D eigenvalue weighted by atomic mass is 16.5. The molecule has 0 bridgehead atoms. The SMILES string of the molecule is NC(=O)OCC(=O)NC(N)=NNC(=O)CO. The zero-order valence-electron chi connectivity index (χ0n) is 8.10. The molecular weight excluding hydrogens is 222 g/mol. The number of nitrogens with zero attached hydrogens (tertiary/aromatic N) is 1. The van der Waals surface area contributed by atoms with Crippen LogP contribution >= 0.6 is 0 Å². The number of hydrogen-bond donors (Lipinski definition) is 5. The van der Waals surface area contributed by atoms with Crippen LogP contribution in [0.15, 0.2) is 5.10 Å². The molecule has 0 saturated carbocycles. The fourth-order valence-electron chi connectivity index (χ4n) is 0.501. The molecule has 0 atom stereocenters. The van der Waals surface area contributed by atoms with E-state index in [1.165, 1.54) is 0 Å². The highest BCUT2D eigenvalue weighted by molar-refractivity contribution is 5.97. The molecule has 0 saturated heterocycles. The predicted octanol–water partition coefficient (Wildman–Crippen LogP) is -3.46. The molecule has 0 aliphatic rings. The third kappa shape index (κ3) is 7.08. The summed E-state index contributed by atoms with van der Waals surface area (Å²) in [7, 11) is 0. The van der Waals surface area contributed by atoms with Crippen LogP contribution in [0.3, 0.4) is 0 Å². The molecule has 0 unspecified atom stereocenters. The molecule has 0 rings (SSSR count). The number of carbonyl (C=O) groups excluding carboxylic acids is 3. The molecule has 0 aliphatic carbocycles. The molecule has 0 heterocycles. The maximum atomic E-state index is 10.9. The number of hydrogen-bond acceptors (Lipinski definition) is 6. The molecular formula is C6H11N5O5. The monoisotopic (exact) mass is 233 g/mol. The summed E-state index contributed by atoms with van der Waals surface area (Å²) in [6.07, 6.45) is -1.11. The van der Waals surface area contributed by atoms with Crippen molar-refractivity contribution in [2.75, 3.05) is 13.2 Å². The molecule has 0 aliphatic heterocycles. The molecule has 16 heavy (non-hydrogen) atoms. The summed E-state index contributed by atoms with van der Waals surface area (Å²) in [5.74, 6) is -2.01. The van der Waals surface area contributed by atoms with Crippen LogP contribution in [0, 0.1) is 0 Å². The zero-order valence-corrected chi connectivity index (χ0v) is 8.10. The third-order valence-electron chi connectivity index (χ3n) is 1.06. The number of ether oxygens (including phenoxy) is 1. The summed E-state index contributed by atoms with van der Waals surface area (Å²) in [5.41, 5.74) is 11.6. The summed E-state index contributed by atoms with van der Waals surface area (Å²) in [4.78, 5) is 31.5. The number of hydrazone groups is 1. The van der Waals surface area contributed by atoms with Gasteiger partial charge in [-0.3, -0.25) is 14.9 Å². The minimum absolute atomic E-state index is 0.431. The number of aliphatic hydroxyl groups excluding tert-OH is 1. The maximum absolute atomic E-state index is 10.9. The quantitative estimate of drug-likeness (QED) is 0.192. The van der Waals surface area contributed by atoms with Gasteiger partial charge in [-0.25, -0.2) is 10.2 Å². The van der Waals surface area contributed by atoms with Crippen molar-refractivity contribution >= 4 is 23.9 Å². The molecule has 0 aromatic carbocycles. The predicted molar refractivity (Wildman–Crippen MR) is 50.5 cm³/mol. The summed E-state index contributed by atoms with van der Waals surface area (Å²) >= 11 is 0. The van der Waals surface area contributed by atoms with E-state index < -0.39 is 37.1 Å². The molecule has 0 fully saturated rings. The number of amides is 3. The second kappa shape index (κ2) is 7.00.